The van der Waals surface area contributed by atoms with Crippen molar-refractivity contribution in [1.29, 1.82) is 0 Å². The lowest BCUT2D eigenvalue weighted by Crippen LogP contribution is -2.24. The standard InChI is InChI=1S/C14H21N3O2S/c1-5-10(2)15-8-14-11(3)16-17(12(14)4)13-6-7-20(18,19)9-13/h1,10,13,15H,6-9H2,2-4H3. The molecule has 2 heterocycles. The van der Waals surface area contributed by atoms with Crippen LogP contribution in [0.5, 0.6) is 0 Å². The number of nitrogens with zero attached hydrogens (tertiary/aromatic N) is 2. The molecule has 1 N–H and O–H groups in total. The van der Waals surface area contributed by atoms with Gasteiger partial charge in [0, 0.05) is 17.8 Å². The Kier molecular flexibility index (Phi) is 4.21. The molecular weight excluding hydrogens is 274 g/mol. The van der Waals surface area contributed by atoms with Gasteiger partial charge < -0.3 is 0 Å². The number of nitrogens with one attached hydrogen (secondary N) is 1. The Bertz CT molecular complexity index is 640. The Morgan fingerprint density at radius 3 is 2.80 bits per heavy atom. The maximum absolute atomic E-state index is 11.6. The van der Waals surface area contributed by atoms with Crippen LogP contribution in [0.2, 0.25) is 0 Å². The molecule has 1 aromatic heterocycles. The van der Waals surface area contributed by atoms with E-state index in [1.165, 1.54) is 0 Å². The van der Waals surface area contributed by atoms with E-state index in [-0.39, 0.29) is 23.6 Å². The molecule has 2 atom stereocenters. The molecule has 110 valence electrons. The highest BCUT2D eigenvalue weighted by Gasteiger charge is 2.31. The molecule has 2 unspecified atom stereocenters. The summed E-state index contributed by atoms with van der Waals surface area (Å²) in [6.07, 6.45) is 6.00. The summed E-state index contributed by atoms with van der Waals surface area (Å²) in [6.45, 7) is 6.52. The second-order valence-corrected chi connectivity index (χ2v) is 7.65. The molecule has 1 aliphatic rings. The lowest BCUT2D eigenvalue weighted by atomic mass is 10.1. The van der Waals surface area contributed by atoms with Crippen LogP contribution in [-0.2, 0) is 16.4 Å². The van der Waals surface area contributed by atoms with Crippen molar-refractivity contribution in [3.05, 3.63) is 17.0 Å². The molecule has 6 heteroatoms. The normalized spacial score (nSPS) is 22.6. The summed E-state index contributed by atoms with van der Waals surface area (Å²) in [7, 11) is -2.90. The van der Waals surface area contributed by atoms with Crippen LogP contribution in [0.25, 0.3) is 0 Å². The third kappa shape index (κ3) is 3.05. The third-order valence-corrected chi connectivity index (χ3v) is 5.61. The zero-order valence-corrected chi connectivity index (χ0v) is 13.0. The van der Waals surface area contributed by atoms with E-state index in [9.17, 15) is 8.42 Å². The fraction of sp³-hybridized carbons (Fsp3) is 0.643. The molecule has 0 saturated carbocycles. The Labute approximate surface area is 120 Å². The summed E-state index contributed by atoms with van der Waals surface area (Å²) in [4.78, 5) is 0. The lowest BCUT2D eigenvalue weighted by molar-refractivity contribution is 0.485. The molecule has 0 bridgehead atoms. The lowest BCUT2D eigenvalue weighted by Gasteiger charge is -2.12. The van der Waals surface area contributed by atoms with E-state index in [4.69, 9.17) is 6.42 Å². The van der Waals surface area contributed by atoms with Crippen LogP contribution in [0.15, 0.2) is 0 Å². The molecule has 5 nitrogen and oxygen atoms in total. The van der Waals surface area contributed by atoms with Crippen LogP contribution in [0.1, 0.15) is 36.3 Å². The van der Waals surface area contributed by atoms with Gasteiger partial charge in [-0.3, -0.25) is 10.00 Å². The van der Waals surface area contributed by atoms with Gasteiger partial charge in [0.2, 0.25) is 0 Å². The molecular formula is C14H21N3O2S. The van der Waals surface area contributed by atoms with E-state index in [1.54, 1.807) is 0 Å². The summed E-state index contributed by atoms with van der Waals surface area (Å²) >= 11 is 0. The molecule has 0 radical (unpaired) electrons. The highest BCUT2D eigenvalue weighted by atomic mass is 32.2. The monoisotopic (exact) mass is 295 g/mol. The molecule has 1 fully saturated rings. The molecule has 0 spiro atoms. The van der Waals surface area contributed by atoms with Gasteiger partial charge in [0.25, 0.3) is 0 Å². The van der Waals surface area contributed by atoms with Crippen molar-refractivity contribution in [2.75, 3.05) is 11.5 Å². The predicted octanol–water partition coefficient (Wildman–Crippen LogP) is 0.971. The SMILES string of the molecule is C#CC(C)NCc1c(C)nn(C2CCS(=O)(=O)C2)c1C. The van der Waals surface area contributed by atoms with Gasteiger partial charge in [0.1, 0.15) is 0 Å². The number of terminal acetylenes is 1. The molecule has 0 aromatic carbocycles. The minimum atomic E-state index is -2.90. The van der Waals surface area contributed by atoms with Crippen LogP contribution in [0.4, 0.5) is 0 Å². The van der Waals surface area contributed by atoms with Crippen LogP contribution in [-0.4, -0.2) is 35.7 Å². The first kappa shape index (κ1) is 15.1. The summed E-state index contributed by atoms with van der Waals surface area (Å²) in [5, 5.41) is 7.76. The second-order valence-electron chi connectivity index (χ2n) is 5.42. The number of hydrogen-bond donors (Lipinski definition) is 1. The average molecular weight is 295 g/mol. The van der Waals surface area contributed by atoms with Gasteiger partial charge >= 0.3 is 0 Å². The Hall–Kier alpha value is -1.32. The first-order valence-electron chi connectivity index (χ1n) is 6.78. The number of hydrogen-bond acceptors (Lipinski definition) is 4. The maximum Gasteiger partial charge on any atom is 0.152 e. The van der Waals surface area contributed by atoms with Gasteiger partial charge in [-0.2, -0.15) is 5.10 Å². The summed E-state index contributed by atoms with van der Waals surface area (Å²) in [5.74, 6) is 3.09. The number of sulfone groups is 1. The Morgan fingerprint density at radius 2 is 2.25 bits per heavy atom. The minimum Gasteiger partial charge on any atom is -0.300 e. The fourth-order valence-electron chi connectivity index (χ4n) is 2.59. The van der Waals surface area contributed by atoms with Gasteiger partial charge in [0.05, 0.1) is 29.3 Å². The van der Waals surface area contributed by atoms with E-state index in [0.717, 1.165) is 17.0 Å². The molecule has 20 heavy (non-hydrogen) atoms. The highest BCUT2D eigenvalue weighted by Crippen LogP contribution is 2.26. The zero-order chi connectivity index (χ0) is 14.9. The fourth-order valence-corrected chi connectivity index (χ4v) is 4.28. The van der Waals surface area contributed by atoms with Gasteiger partial charge in [-0.05, 0) is 27.2 Å². The van der Waals surface area contributed by atoms with Gasteiger partial charge in [0.15, 0.2) is 9.84 Å². The smallest absolute Gasteiger partial charge is 0.152 e. The second kappa shape index (κ2) is 5.58. The Balaban J connectivity index is 2.19. The third-order valence-electron chi connectivity index (χ3n) is 3.86. The van der Waals surface area contributed by atoms with Crippen LogP contribution in [0.3, 0.4) is 0 Å². The van der Waals surface area contributed by atoms with E-state index in [2.05, 4.69) is 16.3 Å². The van der Waals surface area contributed by atoms with Crippen molar-refractivity contribution in [3.63, 3.8) is 0 Å². The van der Waals surface area contributed by atoms with Crippen molar-refractivity contribution < 1.29 is 8.42 Å². The van der Waals surface area contributed by atoms with Crippen LogP contribution < -0.4 is 5.32 Å². The van der Waals surface area contributed by atoms with Crippen molar-refractivity contribution in [1.82, 2.24) is 15.1 Å². The first-order chi connectivity index (χ1) is 9.34. The Morgan fingerprint density at radius 1 is 1.55 bits per heavy atom. The van der Waals surface area contributed by atoms with Crippen molar-refractivity contribution in [3.8, 4) is 12.3 Å². The van der Waals surface area contributed by atoms with Crippen LogP contribution >= 0.6 is 0 Å². The largest absolute Gasteiger partial charge is 0.300 e. The number of aryl methyl sites for hydroxylation is 1. The molecule has 1 aromatic rings. The highest BCUT2D eigenvalue weighted by molar-refractivity contribution is 7.91. The van der Waals surface area contributed by atoms with Gasteiger partial charge in [-0.25, -0.2) is 8.42 Å². The van der Waals surface area contributed by atoms with E-state index < -0.39 is 9.84 Å². The zero-order valence-electron chi connectivity index (χ0n) is 12.2. The molecule has 2 rings (SSSR count). The van der Waals surface area contributed by atoms with Gasteiger partial charge in [-0.1, -0.05) is 5.92 Å². The summed E-state index contributed by atoms with van der Waals surface area (Å²) in [6, 6.07) is -0.0264. The number of rotatable bonds is 4. The van der Waals surface area contributed by atoms with E-state index in [0.29, 0.717) is 13.0 Å². The summed E-state index contributed by atoms with van der Waals surface area (Å²) in [5.41, 5.74) is 3.07. The summed E-state index contributed by atoms with van der Waals surface area (Å²) < 4.78 is 25.1. The van der Waals surface area contributed by atoms with Crippen LogP contribution in [0, 0.1) is 26.2 Å². The quantitative estimate of drug-likeness (QED) is 0.841. The van der Waals surface area contributed by atoms with Crippen molar-refractivity contribution in [2.24, 2.45) is 0 Å². The first-order valence-corrected chi connectivity index (χ1v) is 8.60. The molecule has 0 aliphatic carbocycles. The maximum atomic E-state index is 11.6. The molecule has 1 aliphatic heterocycles. The topological polar surface area (TPSA) is 64.0 Å². The molecule has 0 amide bonds. The van der Waals surface area contributed by atoms with Gasteiger partial charge in [-0.15, -0.1) is 6.42 Å². The molecule has 1 saturated heterocycles. The van der Waals surface area contributed by atoms with Crippen molar-refractivity contribution >= 4 is 9.84 Å². The number of aromatic nitrogens is 2. The predicted molar refractivity (Wildman–Crippen MR) is 79.1 cm³/mol. The van der Waals surface area contributed by atoms with E-state index in [1.807, 2.05) is 25.5 Å². The van der Waals surface area contributed by atoms with Crippen molar-refractivity contribution in [2.45, 2.75) is 45.8 Å². The van der Waals surface area contributed by atoms with E-state index >= 15 is 0 Å². The average Bonchev–Trinajstić information content (AvgIpc) is 2.87. The minimum absolute atomic E-state index is 0.00371.